The van der Waals surface area contributed by atoms with E-state index < -0.39 is 0 Å². The molecule has 0 atom stereocenters. The lowest BCUT2D eigenvalue weighted by molar-refractivity contribution is 0.0950. The first-order valence-corrected chi connectivity index (χ1v) is 9.90. The summed E-state index contributed by atoms with van der Waals surface area (Å²) in [6.45, 7) is 6.12. The second-order valence-corrected chi connectivity index (χ2v) is 7.18. The summed E-state index contributed by atoms with van der Waals surface area (Å²) in [5.41, 5.74) is 2.87. The maximum atomic E-state index is 12.4. The number of carbonyl (C=O) groups excluding carboxylic acids is 1. The average Bonchev–Trinajstić information content (AvgIpc) is 2.79. The van der Waals surface area contributed by atoms with Crippen LogP contribution < -0.4 is 15.1 Å². The van der Waals surface area contributed by atoms with Gasteiger partial charge >= 0.3 is 0 Å². The zero-order valence-electron chi connectivity index (χ0n) is 16.6. The predicted molar refractivity (Wildman–Crippen MR) is 115 cm³/mol. The third-order valence-corrected chi connectivity index (χ3v) is 5.29. The summed E-state index contributed by atoms with van der Waals surface area (Å²) in [6, 6.07) is 17.8. The van der Waals surface area contributed by atoms with Gasteiger partial charge in [-0.05, 0) is 42.3 Å². The lowest BCUT2D eigenvalue weighted by Crippen LogP contribution is -2.47. The third-order valence-electron chi connectivity index (χ3n) is 5.29. The molecule has 0 aliphatic carbocycles. The number of aryl methyl sites for hydroxylation is 1. The number of benzene rings is 1. The first kappa shape index (κ1) is 18.9. The zero-order chi connectivity index (χ0) is 20.1. The van der Waals surface area contributed by atoms with Gasteiger partial charge in [-0.15, -0.1) is 0 Å². The van der Waals surface area contributed by atoms with Gasteiger partial charge in [0.2, 0.25) is 0 Å². The molecule has 4 rings (SSSR count). The highest BCUT2D eigenvalue weighted by molar-refractivity contribution is 5.94. The van der Waals surface area contributed by atoms with Crippen LogP contribution in [-0.2, 0) is 6.54 Å². The highest BCUT2D eigenvalue weighted by Crippen LogP contribution is 2.17. The van der Waals surface area contributed by atoms with Gasteiger partial charge in [0.15, 0.2) is 0 Å². The molecule has 148 valence electrons. The van der Waals surface area contributed by atoms with Gasteiger partial charge in [-0.1, -0.05) is 30.3 Å². The number of aromatic nitrogens is 2. The van der Waals surface area contributed by atoms with E-state index in [0.717, 1.165) is 43.4 Å². The van der Waals surface area contributed by atoms with E-state index in [1.165, 1.54) is 5.56 Å². The summed E-state index contributed by atoms with van der Waals surface area (Å²) in [6.07, 6.45) is 3.49. The number of pyridine rings is 2. The summed E-state index contributed by atoms with van der Waals surface area (Å²) in [4.78, 5) is 25.9. The quantitative estimate of drug-likeness (QED) is 0.729. The van der Waals surface area contributed by atoms with Gasteiger partial charge < -0.3 is 15.1 Å². The van der Waals surface area contributed by atoms with Crippen molar-refractivity contribution in [3.63, 3.8) is 0 Å². The van der Waals surface area contributed by atoms with Crippen LogP contribution in [0.5, 0.6) is 0 Å². The van der Waals surface area contributed by atoms with Crippen LogP contribution in [0.15, 0.2) is 67.0 Å². The molecule has 3 heterocycles. The second kappa shape index (κ2) is 8.73. The van der Waals surface area contributed by atoms with E-state index >= 15 is 0 Å². The summed E-state index contributed by atoms with van der Waals surface area (Å²) in [5.74, 6) is 1.81. The van der Waals surface area contributed by atoms with Gasteiger partial charge in [-0.2, -0.15) is 0 Å². The number of carbonyl (C=O) groups is 1. The maximum Gasteiger partial charge on any atom is 0.253 e. The van der Waals surface area contributed by atoms with Crippen molar-refractivity contribution in [2.24, 2.45) is 0 Å². The fourth-order valence-electron chi connectivity index (χ4n) is 3.50. The Balaban J connectivity index is 1.32. The second-order valence-electron chi connectivity index (χ2n) is 7.18. The minimum absolute atomic E-state index is 0.104. The number of hydrogen-bond donors (Lipinski definition) is 1. The minimum Gasteiger partial charge on any atom is -0.353 e. The molecule has 0 saturated carbocycles. The average molecular weight is 387 g/mol. The Labute approximate surface area is 171 Å². The van der Waals surface area contributed by atoms with Crippen LogP contribution in [0.1, 0.15) is 21.5 Å². The van der Waals surface area contributed by atoms with Crippen molar-refractivity contribution in [1.29, 1.82) is 0 Å². The molecule has 1 fully saturated rings. The van der Waals surface area contributed by atoms with Gasteiger partial charge in [0.1, 0.15) is 11.6 Å². The van der Waals surface area contributed by atoms with Gasteiger partial charge in [0.25, 0.3) is 5.91 Å². The number of amides is 1. The minimum atomic E-state index is -0.104. The fourth-order valence-corrected chi connectivity index (χ4v) is 3.50. The van der Waals surface area contributed by atoms with Crippen LogP contribution in [0.2, 0.25) is 0 Å². The SMILES string of the molecule is Cc1ccccc1CNC(=O)c1ccc(N2CCN(c3ccccn3)CC2)nc1. The van der Waals surface area contributed by atoms with Gasteiger partial charge in [0.05, 0.1) is 5.56 Å². The molecule has 0 unspecified atom stereocenters. The molecule has 1 aliphatic heterocycles. The molecule has 3 aromatic rings. The predicted octanol–water partition coefficient (Wildman–Crippen LogP) is 3.04. The molecular formula is C23H25N5O. The molecule has 6 heteroatoms. The Bertz CT molecular complexity index is 951. The molecule has 0 radical (unpaired) electrons. The Kier molecular flexibility index (Phi) is 5.70. The Morgan fingerprint density at radius 1 is 0.897 bits per heavy atom. The Morgan fingerprint density at radius 2 is 1.59 bits per heavy atom. The van der Waals surface area contributed by atoms with Crippen molar-refractivity contribution in [1.82, 2.24) is 15.3 Å². The molecule has 6 nitrogen and oxygen atoms in total. The summed E-state index contributed by atoms with van der Waals surface area (Å²) < 4.78 is 0. The van der Waals surface area contributed by atoms with Gasteiger partial charge in [-0.3, -0.25) is 4.79 Å². The molecular weight excluding hydrogens is 362 g/mol. The van der Waals surface area contributed by atoms with Crippen LogP contribution in [0, 0.1) is 6.92 Å². The molecule has 2 aromatic heterocycles. The lowest BCUT2D eigenvalue weighted by Gasteiger charge is -2.36. The van der Waals surface area contributed by atoms with Gasteiger partial charge in [0, 0.05) is 45.1 Å². The molecule has 0 bridgehead atoms. The van der Waals surface area contributed by atoms with E-state index in [4.69, 9.17) is 0 Å². The maximum absolute atomic E-state index is 12.4. The van der Waals surface area contributed by atoms with E-state index in [-0.39, 0.29) is 5.91 Å². The molecule has 29 heavy (non-hydrogen) atoms. The van der Waals surface area contributed by atoms with E-state index in [9.17, 15) is 4.79 Å². The summed E-state index contributed by atoms with van der Waals surface area (Å²) in [7, 11) is 0. The first-order valence-electron chi connectivity index (χ1n) is 9.90. The van der Waals surface area contributed by atoms with Crippen LogP contribution in [0.25, 0.3) is 0 Å². The van der Waals surface area contributed by atoms with Crippen LogP contribution in [0.4, 0.5) is 11.6 Å². The molecule has 1 N–H and O–H groups in total. The van der Waals surface area contributed by atoms with Crippen molar-refractivity contribution < 1.29 is 4.79 Å². The summed E-state index contributed by atoms with van der Waals surface area (Å²) >= 11 is 0. The number of nitrogens with zero attached hydrogens (tertiary/aromatic N) is 4. The third kappa shape index (κ3) is 4.54. The normalized spacial score (nSPS) is 14.0. The van der Waals surface area contributed by atoms with Crippen molar-refractivity contribution in [3.05, 3.63) is 83.7 Å². The molecule has 1 amide bonds. The first-order chi connectivity index (χ1) is 14.2. The van der Waals surface area contributed by atoms with Crippen molar-refractivity contribution in [2.75, 3.05) is 36.0 Å². The molecule has 1 saturated heterocycles. The van der Waals surface area contributed by atoms with E-state index in [2.05, 4.69) is 25.1 Å². The molecule has 1 aromatic carbocycles. The summed E-state index contributed by atoms with van der Waals surface area (Å²) in [5, 5.41) is 2.97. The van der Waals surface area contributed by atoms with Gasteiger partial charge in [-0.25, -0.2) is 9.97 Å². The number of hydrogen-bond acceptors (Lipinski definition) is 5. The van der Waals surface area contributed by atoms with Crippen LogP contribution in [0.3, 0.4) is 0 Å². The largest absolute Gasteiger partial charge is 0.353 e. The van der Waals surface area contributed by atoms with Crippen molar-refractivity contribution in [3.8, 4) is 0 Å². The molecule has 0 spiro atoms. The van der Waals surface area contributed by atoms with E-state index in [1.807, 2.05) is 67.7 Å². The monoisotopic (exact) mass is 387 g/mol. The van der Waals surface area contributed by atoms with Crippen molar-refractivity contribution >= 4 is 17.5 Å². The number of nitrogens with one attached hydrogen (secondary N) is 1. The van der Waals surface area contributed by atoms with Crippen LogP contribution in [-0.4, -0.2) is 42.1 Å². The Morgan fingerprint density at radius 3 is 2.21 bits per heavy atom. The van der Waals surface area contributed by atoms with Crippen molar-refractivity contribution in [2.45, 2.75) is 13.5 Å². The smallest absolute Gasteiger partial charge is 0.253 e. The highest BCUT2D eigenvalue weighted by Gasteiger charge is 2.19. The molecule has 1 aliphatic rings. The number of piperazine rings is 1. The van der Waals surface area contributed by atoms with E-state index in [0.29, 0.717) is 12.1 Å². The lowest BCUT2D eigenvalue weighted by atomic mass is 10.1. The zero-order valence-corrected chi connectivity index (χ0v) is 16.6. The topological polar surface area (TPSA) is 61.4 Å². The van der Waals surface area contributed by atoms with E-state index in [1.54, 1.807) is 6.20 Å². The highest BCUT2D eigenvalue weighted by atomic mass is 16.1. The van der Waals surface area contributed by atoms with Crippen LogP contribution >= 0.6 is 0 Å². The number of anilines is 2. The number of rotatable bonds is 5. The Hall–Kier alpha value is -3.41. The standard InChI is InChI=1S/C23H25N5O/c1-18-6-2-3-7-19(18)16-26-23(29)20-9-10-22(25-17-20)28-14-12-27(13-15-28)21-8-4-5-11-24-21/h2-11,17H,12-16H2,1H3,(H,26,29). The fraction of sp³-hybridized carbons (Fsp3) is 0.261.